The highest BCUT2D eigenvalue weighted by Crippen LogP contribution is 2.37. The lowest BCUT2D eigenvalue weighted by Gasteiger charge is -2.37. The topological polar surface area (TPSA) is 100 Å². The van der Waals surface area contributed by atoms with Crippen LogP contribution in [-0.4, -0.2) is 40.8 Å². The number of hydrogen-bond acceptors (Lipinski definition) is 5. The van der Waals surface area contributed by atoms with E-state index in [0.717, 1.165) is 5.56 Å². The molecule has 2 amide bonds. The van der Waals surface area contributed by atoms with Crippen molar-refractivity contribution in [3.05, 3.63) is 83.0 Å². The van der Waals surface area contributed by atoms with Crippen LogP contribution in [0.3, 0.4) is 0 Å². The second-order valence-corrected chi connectivity index (χ2v) is 9.59. The van der Waals surface area contributed by atoms with E-state index in [1.54, 1.807) is 59.5 Å². The maximum atomic E-state index is 15.5. The fourth-order valence-electron chi connectivity index (χ4n) is 4.31. The summed E-state index contributed by atoms with van der Waals surface area (Å²) in [5.74, 6) is 0.200. The largest absolute Gasteiger partial charge is 0.399 e. The maximum absolute atomic E-state index is 15.5. The van der Waals surface area contributed by atoms with Gasteiger partial charge in [-0.25, -0.2) is 9.37 Å². The average molecular weight is 490 g/mol. The monoisotopic (exact) mass is 489 g/mol. The summed E-state index contributed by atoms with van der Waals surface area (Å²) >= 11 is 0. The highest BCUT2D eigenvalue weighted by molar-refractivity contribution is 6.05. The summed E-state index contributed by atoms with van der Waals surface area (Å²) in [4.78, 5) is 31.9. The molecule has 0 radical (unpaired) electrons. The van der Waals surface area contributed by atoms with Gasteiger partial charge in [-0.05, 0) is 68.3 Å². The predicted octanol–water partition coefficient (Wildman–Crippen LogP) is 5.15. The van der Waals surface area contributed by atoms with Gasteiger partial charge in [0.05, 0.1) is 5.56 Å². The molecule has 0 saturated carbocycles. The van der Waals surface area contributed by atoms with Gasteiger partial charge in [-0.15, -0.1) is 0 Å². The van der Waals surface area contributed by atoms with E-state index in [4.69, 9.17) is 5.73 Å². The third kappa shape index (κ3) is 5.64. The minimum atomic E-state index is -1.48. The molecule has 2 heterocycles. The first-order chi connectivity index (χ1) is 17.1. The van der Waals surface area contributed by atoms with E-state index in [-0.39, 0.29) is 30.7 Å². The molecule has 36 heavy (non-hydrogen) atoms. The van der Waals surface area contributed by atoms with E-state index in [1.165, 1.54) is 6.20 Å². The molecule has 0 spiro atoms. The van der Waals surface area contributed by atoms with Gasteiger partial charge in [-0.1, -0.05) is 18.2 Å². The van der Waals surface area contributed by atoms with Crippen molar-refractivity contribution >= 4 is 29.0 Å². The number of nitrogens with zero attached hydrogens (tertiary/aromatic N) is 2. The lowest BCUT2D eigenvalue weighted by atomic mass is 9.86. The third-order valence-corrected chi connectivity index (χ3v) is 6.47. The molecule has 0 atom stereocenters. The number of pyridine rings is 1. The van der Waals surface area contributed by atoms with E-state index < -0.39 is 5.67 Å². The van der Waals surface area contributed by atoms with Crippen LogP contribution in [0.25, 0.3) is 0 Å². The van der Waals surface area contributed by atoms with Crippen molar-refractivity contribution in [1.82, 2.24) is 9.88 Å². The number of carbonyl (C=O) groups excluding carboxylic acids is 2. The number of anilines is 3. The van der Waals surface area contributed by atoms with E-state index in [9.17, 15) is 9.59 Å². The summed E-state index contributed by atoms with van der Waals surface area (Å²) in [6, 6.07) is 15.7. The highest BCUT2D eigenvalue weighted by Gasteiger charge is 2.37. The number of nitrogens with two attached hydrogens (primary N) is 1. The van der Waals surface area contributed by atoms with Gasteiger partial charge in [0.2, 0.25) is 0 Å². The molecule has 4 N–H and O–H groups in total. The number of piperidine rings is 1. The first-order valence-corrected chi connectivity index (χ1v) is 12.1. The normalized spacial score (nSPS) is 15.0. The molecule has 8 heteroatoms. The van der Waals surface area contributed by atoms with Crippen LogP contribution in [0, 0.1) is 6.92 Å². The van der Waals surface area contributed by atoms with Gasteiger partial charge in [0, 0.05) is 55.1 Å². The maximum Gasteiger partial charge on any atom is 0.257 e. The Morgan fingerprint density at radius 2 is 1.69 bits per heavy atom. The van der Waals surface area contributed by atoms with Crippen molar-refractivity contribution in [3.63, 3.8) is 0 Å². The molecule has 1 aliphatic rings. The molecular formula is C28H32FN5O2. The molecule has 3 aromatic rings. The van der Waals surface area contributed by atoms with Crippen LogP contribution in [0.1, 0.15) is 58.5 Å². The lowest BCUT2D eigenvalue weighted by Crippen LogP contribution is -2.43. The van der Waals surface area contributed by atoms with E-state index in [1.807, 2.05) is 20.8 Å². The summed E-state index contributed by atoms with van der Waals surface area (Å²) in [7, 11) is 0. The second-order valence-electron chi connectivity index (χ2n) is 9.59. The van der Waals surface area contributed by atoms with Crippen LogP contribution >= 0.6 is 0 Å². The van der Waals surface area contributed by atoms with Crippen LogP contribution in [-0.2, 0) is 5.67 Å². The Labute approximate surface area is 210 Å². The first-order valence-electron chi connectivity index (χ1n) is 12.1. The lowest BCUT2D eigenvalue weighted by molar-refractivity contribution is 0.0421. The SMILES string of the molecule is Cc1ccc(C(=O)N2CCC(F)(c3ccc(N)cc3)CC2)cc1NC(=O)c1ccc(NC(C)C)nc1. The number of carbonyl (C=O) groups is 2. The van der Waals surface area contributed by atoms with Crippen LogP contribution in [0.2, 0.25) is 0 Å². The molecule has 0 bridgehead atoms. The van der Waals surface area contributed by atoms with Gasteiger partial charge in [0.1, 0.15) is 11.5 Å². The fraction of sp³-hybridized carbons (Fsp3) is 0.321. The number of hydrogen-bond donors (Lipinski definition) is 3. The van der Waals surface area contributed by atoms with E-state index in [0.29, 0.717) is 47.0 Å². The standard InChI is InChI=1S/C28H32FN5O2/c1-18(2)32-25-11-6-21(17-31-25)26(35)33-24-16-20(5-4-19(24)3)27(36)34-14-12-28(29,13-15-34)22-7-9-23(30)10-8-22/h4-11,16-18H,12-15,30H2,1-3H3,(H,31,32)(H,33,35). The number of nitrogen functional groups attached to an aromatic ring is 1. The summed E-state index contributed by atoms with van der Waals surface area (Å²) in [5.41, 5.74) is 7.67. The number of benzene rings is 2. The number of likely N-dealkylation sites (tertiary alicyclic amines) is 1. The number of alkyl halides is 1. The van der Waals surface area contributed by atoms with Crippen molar-refractivity contribution in [2.45, 2.75) is 45.3 Å². The number of aryl methyl sites for hydroxylation is 1. The Hall–Kier alpha value is -3.94. The molecule has 1 aliphatic heterocycles. The minimum absolute atomic E-state index is 0.185. The summed E-state index contributed by atoms with van der Waals surface area (Å²) < 4.78 is 15.5. The molecule has 0 unspecified atom stereocenters. The molecular weight excluding hydrogens is 457 g/mol. The zero-order valence-corrected chi connectivity index (χ0v) is 20.8. The molecule has 4 rings (SSSR count). The summed E-state index contributed by atoms with van der Waals surface area (Å²) in [5, 5.41) is 6.07. The van der Waals surface area contributed by atoms with Gasteiger partial charge in [0.25, 0.3) is 11.8 Å². The number of nitrogens with one attached hydrogen (secondary N) is 2. The number of aromatic nitrogens is 1. The quantitative estimate of drug-likeness (QED) is 0.416. The third-order valence-electron chi connectivity index (χ3n) is 6.47. The fourth-order valence-corrected chi connectivity index (χ4v) is 4.31. The van der Waals surface area contributed by atoms with Crippen LogP contribution < -0.4 is 16.4 Å². The van der Waals surface area contributed by atoms with Crippen LogP contribution in [0.5, 0.6) is 0 Å². The van der Waals surface area contributed by atoms with Gasteiger partial charge < -0.3 is 21.3 Å². The zero-order chi connectivity index (χ0) is 25.9. The van der Waals surface area contributed by atoms with Gasteiger partial charge in [-0.2, -0.15) is 0 Å². The molecule has 1 saturated heterocycles. The average Bonchev–Trinajstić information content (AvgIpc) is 2.86. The van der Waals surface area contributed by atoms with Gasteiger partial charge in [0.15, 0.2) is 0 Å². The Morgan fingerprint density at radius 1 is 1.03 bits per heavy atom. The van der Waals surface area contributed by atoms with Crippen molar-refractivity contribution in [2.24, 2.45) is 0 Å². The number of rotatable bonds is 6. The Balaban J connectivity index is 1.42. The molecule has 2 aromatic carbocycles. The molecule has 1 aromatic heterocycles. The van der Waals surface area contributed by atoms with Crippen LogP contribution in [0.15, 0.2) is 60.8 Å². The molecule has 7 nitrogen and oxygen atoms in total. The first kappa shape index (κ1) is 25.2. The highest BCUT2D eigenvalue weighted by atomic mass is 19.1. The number of amides is 2. The summed E-state index contributed by atoms with van der Waals surface area (Å²) in [6.45, 7) is 6.49. The number of halogens is 1. The second kappa shape index (κ2) is 10.4. The van der Waals surface area contributed by atoms with Crippen molar-refractivity contribution < 1.29 is 14.0 Å². The Bertz CT molecular complexity index is 1230. The minimum Gasteiger partial charge on any atom is -0.399 e. The van der Waals surface area contributed by atoms with Crippen molar-refractivity contribution in [2.75, 3.05) is 29.5 Å². The van der Waals surface area contributed by atoms with Crippen molar-refractivity contribution in [1.29, 1.82) is 0 Å². The van der Waals surface area contributed by atoms with Crippen LogP contribution in [0.4, 0.5) is 21.6 Å². The van der Waals surface area contributed by atoms with Gasteiger partial charge in [-0.3, -0.25) is 9.59 Å². The van der Waals surface area contributed by atoms with Crippen molar-refractivity contribution in [3.8, 4) is 0 Å². The zero-order valence-electron chi connectivity index (χ0n) is 20.8. The Morgan fingerprint density at radius 3 is 2.31 bits per heavy atom. The molecule has 188 valence electrons. The Kier molecular flexibility index (Phi) is 7.24. The van der Waals surface area contributed by atoms with E-state index >= 15 is 4.39 Å². The summed E-state index contributed by atoms with van der Waals surface area (Å²) in [6.07, 6.45) is 1.95. The smallest absolute Gasteiger partial charge is 0.257 e. The van der Waals surface area contributed by atoms with E-state index in [2.05, 4.69) is 15.6 Å². The van der Waals surface area contributed by atoms with Gasteiger partial charge >= 0.3 is 0 Å². The molecule has 0 aliphatic carbocycles. The molecule has 1 fully saturated rings. The predicted molar refractivity (Wildman–Crippen MR) is 141 cm³/mol.